The van der Waals surface area contributed by atoms with Crippen LogP contribution in [0.4, 0.5) is 0 Å². The van der Waals surface area contributed by atoms with Gasteiger partial charge < -0.3 is 14.9 Å². The van der Waals surface area contributed by atoms with Crippen LogP contribution < -0.4 is 10.5 Å². The summed E-state index contributed by atoms with van der Waals surface area (Å²) in [5.74, 6) is 0.269. The minimum Gasteiger partial charge on any atom is -0.488 e. The number of rotatable bonds is 6. The Labute approximate surface area is 147 Å². The van der Waals surface area contributed by atoms with Crippen LogP contribution in [0.15, 0.2) is 59.7 Å². The Bertz CT molecular complexity index is 1020. The zero-order chi connectivity index (χ0) is 17.2. The molecule has 4 aromatic rings. The van der Waals surface area contributed by atoms with Crippen LogP contribution in [0.3, 0.4) is 0 Å². The highest BCUT2D eigenvalue weighted by Gasteiger charge is 2.16. The summed E-state index contributed by atoms with van der Waals surface area (Å²) >= 11 is 1.49. The lowest BCUT2D eigenvalue weighted by molar-refractivity contribution is -0.117. The zero-order valence-corrected chi connectivity index (χ0v) is 14.0. The number of ether oxygens (including phenoxy) is 1. The lowest BCUT2D eigenvalue weighted by Crippen LogP contribution is -2.13. The van der Waals surface area contributed by atoms with Gasteiger partial charge >= 0.3 is 0 Å². The summed E-state index contributed by atoms with van der Waals surface area (Å²) in [6, 6.07) is 9.60. The minimum atomic E-state index is -0.389. The van der Waals surface area contributed by atoms with Gasteiger partial charge in [-0.2, -0.15) is 0 Å². The summed E-state index contributed by atoms with van der Waals surface area (Å²) in [4.78, 5) is 17.6. The van der Waals surface area contributed by atoms with E-state index in [1.807, 2.05) is 47.1 Å². The Morgan fingerprint density at radius 1 is 1.36 bits per heavy atom. The Kier molecular flexibility index (Phi) is 3.99. The molecular formula is C18H15N3O3S. The van der Waals surface area contributed by atoms with Gasteiger partial charge in [-0.25, -0.2) is 4.98 Å². The van der Waals surface area contributed by atoms with E-state index in [0.29, 0.717) is 12.4 Å². The molecule has 0 fully saturated rings. The standard InChI is InChI=1S/C18H15N3O3S/c19-17(22)8-16-14(24-11-12-4-6-23-10-12)7-15(25-16)13-9-20-18-3-1-2-5-21(13)18/h1-7,9-10H,8,11H2,(H2,19,22). The van der Waals surface area contributed by atoms with E-state index in [1.165, 1.54) is 11.3 Å². The molecule has 1 amide bonds. The quantitative estimate of drug-likeness (QED) is 0.577. The molecule has 0 aliphatic rings. The summed E-state index contributed by atoms with van der Waals surface area (Å²) in [6.07, 6.45) is 7.14. The molecule has 0 saturated carbocycles. The van der Waals surface area contributed by atoms with Crippen molar-refractivity contribution in [3.8, 4) is 16.3 Å². The van der Waals surface area contributed by atoms with Crippen molar-refractivity contribution in [2.75, 3.05) is 0 Å². The number of pyridine rings is 1. The zero-order valence-electron chi connectivity index (χ0n) is 13.2. The molecule has 126 valence electrons. The third kappa shape index (κ3) is 3.14. The van der Waals surface area contributed by atoms with Gasteiger partial charge in [-0.3, -0.25) is 9.20 Å². The first-order chi connectivity index (χ1) is 12.2. The van der Waals surface area contributed by atoms with E-state index in [1.54, 1.807) is 12.5 Å². The van der Waals surface area contributed by atoms with E-state index >= 15 is 0 Å². The molecule has 0 aliphatic heterocycles. The van der Waals surface area contributed by atoms with Crippen LogP contribution in [-0.4, -0.2) is 15.3 Å². The summed E-state index contributed by atoms with van der Waals surface area (Å²) in [7, 11) is 0. The number of aromatic nitrogens is 2. The molecule has 4 heterocycles. The molecule has 4 rings (SSSR count). The third-order valence-corrected chi connectivity index (χ3v) is 4.89. The number of hydrogen-bond acceptors (Lipinski definition) is 5. The molecule has 4 aromatic heterocycles. The van der Waals surface area contributed by atoms with Gasteiger partial charge in [0.05, 0.1) is 40.6 Å². The fourth-order valence-electron chi connectivity index (χ4n) is 2.59. The van der Waals surface area contributed by atoms with Crippen LogP contribution in [0.25, 0.3) is 16.2 Å². The normalized spacial score (nSPS) is 11.0. The van der Waals surface area contributed by atoms with E-state index in [4.69, 9.17) is 14.9 Å². The summed E-state index contributed by atoms with van der Waals surface area (Å²) < 4.78 is 12.9. The molecule has 25 heavy (non-hydrogen) atoms. The predicted molar refractivity (Wildman–Crippen MR) is 94.4 cm³/mol. The molecular weight excluding hydrogens is 338 g/mol. The van der Waals surface area contributed by atoms with Crippen molar-refractivity contribution in [3.63, 3.8) is 0 Å². The Morgan fingerprint density at radius 2 is 2.28 bits per heavy atom. The number of hydrogen-bond donors (Lipinski definition) is 1. The maximum atomic E-state index is 11.4. The summed E-state index contributed by atoms with van der Waals surface area (Å²) in [5.41, 5.74) is 8.12. The largest absolute Gasteiger partial charge is 0.488 e. The first-order valence-corrected chi connectivity index (χ1v) is 8.50. The maximum absolute atomic E-state index is 11.4. The van der Waals surface area contributed by atoms with Crippen molar-refractivity contribution in [3.05, 3.63) is 65.7 Å². The monoisotopic (exact) mass is 353 g/mol. The first-order valence-electron chi connectivity index (χ1n) is 7.68. The Balaban J connectivity index is 1.69. The average Bonchev–Trinajstić information content (AvgIpc) is 3.32. The first kappa shape index (κ1) is 15.5. The van der Waals surface area contributed by atoms with Crippen molar-refractivity contribution in [1.29, 1.82) is 0 Å². The highest BCUT2D eigenvalue weighted by molar-refractivity contribution is 7.15. The molecule has 0 atom stereocenters. The van der Waals surface area contributed by atoms with Gasteiger partial charge in [-0.15, -0.1) is 11.3 Å². The number of furan rings is 1. The summed E-state index contributed by atoms with van der Waals surface area (Å²) in [6.45, 7) is 0.367. The summed E-state index contributed by atoms with van der Waals surface area (Å²) in [5, 5.41) is 0. The van der Waals surface area contributed by atoms with E-state index in [-0.39, 0.29) is 12.3 Å². The molecule has 7 heteroatoms. The molecule has 0 unspecified atom stereocenters. The molecule has 6 nitrogen and oxygen atoms in total. The van der Waals surface area contributed by atoms with Crippen molar-refractivity contribution < 1.29 is 13.9 Å². The number of imidazole rings is 1. The maximum Gasteiger partial charge on any atom is 0.222 e. The van der Waals surface area contributed by atoms with E-state index < -0.39 is 0 Å². The number of fused-ring (bicyclic) bond motifs is 1. The lowest BCUT2D eigenvalue weighted by Gasteiger charge is -2.04. The van der Waals surface area contributed by atoms with E-state index in [2.05, 4.69) is 4.98 Å². The van der Waals surface area contributed by atoms with E-state index in [0.717, 1.165) is 26.7 Å². The van der Waals surface area contributed by atoms with Gasteiger partial charge in [0.2, 0.25) is 5.91 Å². The van der Waals surface area contributed by atoms with E-state index in [9.17, 15) is 4.79 Å². The second-order valence-corrected chi connectivity index (χ2v) is 6.67. The number of thiophene rings is 1. The fraction of sp³-hybridized carbons (Fsp3) is 0.111. The predicted octanol–water partition coefficient (Wildman–Crippen LogP) is 3.26. The van der Waals surface area contributed by atoms with Gasteiger partial charge in [0.25, 0.3) is 0 Å². The number of amides is 1. The van der Waals surface area contributed by atoms with Gasteiger partial charge in [0.1, 0.15) is 18.0 Å². The van der Waals surface area contributed by atoms with Crippen LogP contribution in [0.2, 0.25) is 0 Å². The Morgan fingerprint density at radius 3 is 3.08 bits per heavy atom. The molecule has 0 aromatic carbocycles. The fourth-order valence-corrected chi connectivity index (χ4v) is 3.71. The van der Waals surface area contributed by atoms with Gasteiger partial charge in [-0.05, 0) is 18.2 Å². The number of nitrogens with zero attached hydrogens (tertiary/aromatic N) is 2. The number of carbonyl (C=O) groups is 1. The average molecular weight is 353 g/mol. The van der Waals surface area contributed by atoms with Crippen LogP contribution in [0.1, 0.15) is 10.4 Å². The minimum absolute atomic E-state index is 0.141. The number of carbonyl (C=O) groups excluding carboxylic acids is 1. The van der Waals surface area contributed by atoms with Crippen molar-refractivity contribution in [2.24, 2.45) is 5.73 Å². The van der Waals surface area contributed by atoms with Crippen LogP contribution in [0.5, 0.6) is 5.75 Å². The second-order valence-electron chi connectivity index (χ2n) is 5.53. The van der Waals surface area contributed by atoms with Gasteiger partial charge in [-0.1, -0.05) is 6.07 Å². The topological polar surface area (TPSA) is 82.8 Å². The molecule has 0 bridgehead atoms. The lowest BCUT2D eigenvalue weighted by atomic mass is 10.3. The highest BCUT2D eigenvalue weighted by atomic mass is 32.1. The van der Waals surface area contributed by atoms with Gasteiger partial charge in [0.15, 0.2) is 0 Å². The molecule has 0 radical (unpaired) electrons. The van der Waals surface area contributed by atoms with Crippen molar-refractivity contribution >= 4 is 22.9 Å². The highest BCUT2D eigenvalue weighted by Crippen LogP contribution is 2.37. The van der Waals surface area contributed by atoms with Crippen LogP contribution in [-0.2, 0) is 17.8 Å². The van der Waals surface area contributed by atoms with Crippen LogP contribution >= 0.6 is 11.3 Å². The molecule has 0 saturated heterocycles. The third-order valence-electron chi connectivity index (χ3n) is 3.75. The molecule has 0 spiro atoms. The van der Waals surface area contributed by atoms with Crippen molar-refractivity contribution in [1.82, 2.24) is 9.38 Å². The Hall–Kier alpha value is -3.06. The SMILES string of the molecule is NC(=O)Cc1sc(-c2cnc3ccccn23)cc1OCc1ccoc1. The van der Waals surface area contributed by atoms with Crippen LogP contribution in [0, 0.1) is 0 Å². The number of primary amides is 1. The number of nitrogens with two attached hydrogens (primary N) is 1. The smallest absolute Gasteiger partial charge is 0.222 e. The van der Waals surface area contributed by atoms with Gasteiger partial charge in [0, 0.05) is 17.8 Å². The second kappa shape index (κ2) is 6.45. The molecule has 2 N–H and O–H groups in total. The molecule has 0 aliphatic carbocycles. The van der Waals surface area contributed by atoms with Crippen molar-refractivity contribution in [2.45, 2.75) is 13.0 Å².